The number of hydrogen-bond acceptors (Lipinski definition) is 3. The van der Waals surface area contributed by atoms with Crippen LogP contribution in [0.25, 0.3) is 0 Å². The number of rotatable bonds is 6. The highest BCUT2D eigenvalue weighted by atomic mass is 16.5. The second kappa shape index (κ2) is 6.94. The molecule has 0 spiro atoms. The van der Waals surface area contributed by atoms with Crippen molar-refractivity contribution in [3.05, 3.63) is 29.8 Å². The summed E-state index contributed by atoms with van der Waals surface area (Å²) in [4.78, 5) is 12.6. The predicted octanol–water partition coefficient (Wildman–Crippen LogP) is 2.79. The van der Waals surface area contributed by atoms with E-state index in [4.69, 9.17) is 4.74 Å². The Bertz CT molecular complexity index is 464. The minimum absolute atomic E-state index is 0.000925. The fraction of sp³-hybridized carbons (Fsp3) is 0.588. The van der Waals surface area contributed by atoms with Gasteiger partial charge in [0.15, 0.2) is 0 Å². The molecule has 1 heterocycles. The number of nitrogens with one attached hydrogen (secondary N) is 2. The first-order chi connectivity index (χ1) is 10.1. The van der Waals surface area contributed by atoms with Gasteiger partial charge in [0.2, 0.25) is 5.91 Å². The highest BCUT2D eigenvalue weighted by Crippen LogP contribution is 2.25. The smallest absolute Gasteiger partial charge is 0.240 e. The summed E-state index contributed by atoms with van der Waals surface area (Å²) in [5.74, 6) is 0.978. The van der Waals surface area contributed by atoms with Crippen molar-refractivity contribution >= 4 is 5.91 Å². The Morgan fingerprint density at radius 2 is 2.10 bits per heavy atom. The zero-order valence-electron chi connectivity index (χ0n) is 13.2. The maximum Gasteiger partial charge on any atom is 0.240 e. The fourth-order valence-corrected chi connectivity index (χ4v) is 2.90. The molecule has 2 unspecified atom stereocenters. The van der Waals surface area contributed by atoms with Crippen LogP contribution in [0.5, 0.6) is 5.75 Å². The lowest BCUT2D eigenvalue weighted by Gasteiger charge is -2.28. The normalized spacial score (nSPS) is 22.8. The van der Waals surface area contributed by atoms with Gasteiger partial charge >= 0.3 is 0 Å². The second-order valence-corrected chi connectivity index (χ2v) is 5.66. The Hall–Kier alpha value is -1.55. The summed E-state index contributed by atoms with van der Waals surface area (Å²) in [6.07, 6.45) is 2.82. The van der Waals surface area contributed by atoms with Crippen molar-refractivity contribution in [2.24, 2.45) is 0 Å². The fourth-order valence-electron chi connectivity index (χ4n) is 2.90. The Morgan fingerprint density at radius 3 is 2.62 bits per heavy atom. The summed E-state index contributed by atoms with van der Waals surface area (Å²) >= 11 is 0. The minimum atomic E-state index is -0.375. The third-order valence-electron chi connectivity index (χ3n) is 4.32. The van der Waals surface area contributed by atoms with Gasteiger partial charge in [-0.2, -0.15) is 0 Å². The van der Waals surface area contributed by atoms with Crippen molar-refractivity contribution in [3.8, 4) is 5.75 Å². The van der Waals surface area contributed by atoms with Crippen LogP contribution in [-0.4, -0.2) is 24.6 Å². The molecule has 21 heavy (non-hydrogen) atoms. The third-order valence-corrected chi connectivity index (χ3v) is 4.32. The van der Waals surface area contributed by atoms with Gasteiger partial charge in [-0.05, 0) is 57.4 Å². The van der Waals surface area contributed by atoms with E-state index in [-0.39, 0.29) is 17.5 Å². The SMILES string of the molecule is CCOc1ccc(C(C)NC(=O)C2(CC)CCCN2)cc1. The minimum Gasteiger partial charge on any atom is -0.494 e. The van der Waals surface area contributed by atoms with E-state index in [2.05, 4.69) is 17.6 Å². The van der Waals surface area contributed by atoms with Gasteiger partial charge < -0.3 is 15.4 Å². The van der Waals surface area contributed by atoms with E-state index in [0.29, 0.717) is 6.61 Å². The molecule has 1 aromatic carbocycles. The van der Waals surface area contributed by atoms with Gasteiger partial charge in [-0.3, -0.25) is 4.79 Å². The number of carbonyl (C=O) groups is 1. The molecule has 2 N–H and O–H groups in total. The van der Waals surface area contributed by atoms with E-state index in [9.17, 15) is 4.79 Å². The largest absolute Gasteiger partial charge is 0.494 e. The van der Waals surface area contributed by atoms with Crippen LogP contribution in [-0.2, 0) is 4.79 Å². The molecular formula is C17H26N2O2. The maximum atomic E-state index is 12.6. The maximum absolute atomic E-state index is 12.6. The molecule has 1 saturated heterocycles. The number of ether oxygens (including phenoxy) is 1. The van der Waals surface area contributed by atoms with E-state index in [0.717, 1.165) is 37.1 Å². The summed E-state index contributed by atoms with van der Waals surface area (Å²) in [6.45, 7) is 7.65. The molecule has 1 aliphatic heterocycles. The van der Waals surface area contributed by atoms with E-state index >= 15 is 0 Å². The van der Waals surface area contributed by atoms with Crippen molar-refractivity contribution in [1.82, 2.24) is 10.6 Å². The van der Waals surface area contributed by atoms with Crippen LogP contribution < -0.4 is 15.4 Å². The van der Waals surface area contributed by atoms with Crippen LogP contribution in [0.15, 0.2) is 24.3 Å². The standard InChI is InChI=1S/C17H26N2O2/c1-4-17(11-6-12-18-17)16(20)19-13(3)14-7-9-15(10-8-14)21-5-2/h7-10,13,18H,4-6,11-12H2,1-3H3,(H,19,20). The van der Waals surface area contributed by atoms with Gasteiger partial charge in [0.25, 0.3) is 0 Å². The Labute approximate surface area is 127 Å². The molecule has 0 bridgehead atoms. The van der Waals surface area contributed by atoms with Crippen LogP contribution in [0.3, 0.4) is 0 Å². The molecule has 2 rings (SSSR count). The number of carbonyl (C=O) groups excluding carboxylic acids is 1. The van der Waals surface area contributed by atoms with Gasteiger partial charge in [-0.25, -0.2) is 0 Å². The lowest BCUT2D eigenvalue weighted by atomic mass is 9.92. The van der Waals surface area contributed by atoms with Gasteiger partial charge in [-0.1, -0.05) is 19.1 Å². The van der Waals surface area contributed by atoms with Crippen LogP contribution >= 0.6 is 0 Å². The van der Waals surface area contributed by atoms with Crippen molar-refractivity contribution in [2.75, 3.05) is 13.2 Å². The van der Waals surface area contributed by atoms with E-state index in [1.54, 1.807) is 0 Å². The summed E-state index contributed by atoms with van der Waals surface area (Å²) in [6, 6.07) is 7.92. The van der Waals surface area contributed by atoms with Gasteiger partial charge in [0.05, 0.1) is 18.2 Å². The lowest BCUT2D eigenvalue weighted by Crippen LogP contribution is -2.53. The van der Waals surface area contributed by atoms with Crippen molar-refractivity contribution in [2.45, 2.75) is 51.6 Å². The molecule has 4 nitrogen and oxygen atoms in total. The highest BCUT2D eigenvalue weighted by Gasteiger charge is 2.39. The summed E-state index contributed by atoms with van der Waals surface area (Å²) in [5, 5.41) is 6.51. The van der Waals surface area contributed by atoms with Crippen molar-refractivity contribution < 1.29 is 9.53 Å². The van der Waals surface area contributed by atoms with Gasteiger partial charge in [0.1, 0.15) is 5.75 Å². The Morgan fingerprint density at radius 1 is 1.38 bits per heavy atom. The molecule has 1 amide bonds. The highest BCUT2D eigenvalue weighted by molar-refractivity contribution is 5.87. The monoisotopic (exact) mass is 290 g/mol. The topological polar surface area (TPSA) is 50.4 Å². The second-order valence-electron chi connectivity index (χ2n) is 5.66. The first-order valence-electron chi connectivity index (χ1n) is 7.90. The van der Waals surface area contributed by atoms with Crippen LogP contribution in [0.4, 0.5) is 0 Å². The first kappa shape index (κ1) is 15.8. The Balaban J connectivity index is 2.00. The molecular weight excluding hydrogens is 264 g/mol. The molecule has 0 radical (unpaired) electrons. The molecule has 4 heteroatoms. The summed E-state index contributed by atoms with van der Waals surface area (Å²) in [7, 11) is 0. The average molecular weight is 290 g/mol. The molecule has 0 aliphatic carbocycles. The third kappa shape index (κ3) is 3.56. The van der Waals surface area contributed by atoms with Crippen molar-refractivity contribution in [1.29, 1.82) is 0 Å². The molecule has 1 aliphatic rings. The van der Waals surface area contributed by atoms with Gasteiger partial charge in [-0.15, -0.1) is 0 Å². The molecule has 2 atom stereocenters. The molecule has 1 fully saturated rings. The Kier molecular flexibility index (Phi) is 5.23. The van der Waals surface area contributed by atoms with E-state index in [1.165, 1.54) is 0 Å². The lowest BCUT2D eigenvalue weighted by molar-refractivity contribution is -0.128. The van der Waals surface area contributed by atoms with E-state index < -0.39 is 0 Å². The van der Waals surface area contributed by atoms with Crippen molar-refractivity contribution in [3.63, 3.8) is 0 Å². The van der Waals surface area contributed by atoms with Crippen LogP contribution in [0.2, 0.25) is 0 Å². The van der Waals surface area contributed by atoms with Crippen LogP contribution in [0, 0.1) is 0 Å². The number of amides is 1. The zero-order valence-corrected chi connectivity index (χ0v) is 13.2. The zero-order chi connectivity index (χ0) is 15.3. The molecule has 0 saturated carbocycles. The molecule has 1 aromatic rings. The number of hydrogen-bond donors (Lipinski definition) is 2. The quantitative estimate of drug-likeness (QED) is 0.847. The first-order valence-corrected chi connectivity index (χ1v) is 7.90. The summed E-state index contributed by atoms with van der Waals surface area (Å²) in [5.41, 5.74) is 0.718. The predicted molar refractivity (Wildman–Crippen MR) is 84.4 cm³/mol. The molecule has 0 aromatic heterocycles. The summed E-state index contributed by atoms with van der Waals surface area (Å²) < 4.78 is 5.44. The molecule has 116 valence electrons. The number of benzene rings is 1. The average Bonchev–Trinajstić information content (AvgIpc) is 2.98. The van der Waals surface area contributed by atoms with Gasteiger partial charge in [0, 0.05) is 0 Å². The van der Waals surface area contributed by atoms with E-state index in [1.807, 2.05) is 38.1 Å². The van der Waals surface area contributed by atoms with Crippen LogP contribution in [0.1, 0.15) is 51.6 Å².